The number of alkyl halides is 2. The molecule has 0 atom stereocenters. The molecular weight excluding hydrogens is 438 g/mol. The Balaban J connectivity index is 1.58. The molecule has 0 spiro atoms. The van der Waals surface area contributed by atoms with E-state index in [0.717, 1.165) is 41.5 Å². The van der Waals surface area contributed by atoms with Gasteiger partial charge in [-0.15, -0.1) is 15.3 Å². The third-order valence-corrected chi connectivity index (χ3v) is 5.65. The summed E-state index contributed by atoms with van der Waals surface area (Å²) in [7, 11) is 0. The van der Waals surface area contributed by atoms with Crippen LogP contribution in [0, 0.1) is 0 Å². The first-order chi connectivity index (χ1) is 16.5. The molecule has 8 nitrogen and oxygen atoms in total. The highest BCUT2D eigenvalue weighted by atomic mass is 19.3. The topological polar surface area (TPSA) is 98.1 Å². The number of hydrogen-bond donors (Lipinski definition) is 1. The highest BCUT2D eigenvalue weighted by Gasteiger charge is 2.36. The lowest BCUT2D eigenvalue weighted by Gasteiger charge is -2.10. The van der Waals surface area contributed by atoms with Gasteiger partial charge < -0.3 is 0 Å². The number of hydrogen-bond acceptors (Lipinski definition) is 6. The first kappa shape index (κ1) is 23.6. The number of aryl methyl sites for hydroxylation is 1. The molecule has 4 rings (SSSR count). The van der Waals surface area contributed by atoms with Gasteiger partial charge in [0.05, 0.1) is 0 Å². The smallest absolute Gasteiger partial charge is 0.264 e. The summed E-state index contributed by atoms with van der Waals surface area (Å²) in [6.07, 6.45) is 6.92. The van der Waals surface area contributed by atoms with E-state index in [0.29, 0.717) is 31.0 Å². The van der Waals surface area contributed by atoms with E-state index in [1.165, 1.54) is 0 Å². The van der Waals surface area contributed by atoms with Crippen molar-refractivity contribution in [1.29, 1.82) is 0 Å². The van der Waals surface area contributed by atoms with Gasteiger partial charge in [-0.05, 0) is 35.2 Å². The minimum absolute atomic E-state index is 0.256. The molecule has 34 heavy (non-hydrogen) atoms. The lowest BCUT2D eigenvalue weighted by atomic mass is 9.99. The van der Waals surface area contributed by atoms with Gasteiger partial charge in [-0.2, -0.15) is 14.0 Å². The molecule has 1 aromatic carbocycles. The summed E-state index contributed by atoms with van der Waals surface area (Å²) in [4.78, 5) is 8.50. The summed E-state index contributed by atoms with van der Waals surface area (Å²) in [6.45, 7) is 4.43. The SMILES string of the molecule is CCCCCn1nc(C(F)(F)CCC)nc1Cc1ccc(-c2cnccc2-c2nn[nH]n2)cc1. The third kappa shape index (κ3) is 5.32. The van der Waals surface area contributed by atoms with E-state index < -0.39 is 5.92 Å². The summed E-state index contributed by atoms with van der Waals surface area (Å²) in [5.41, 5.74) is 3.59. The van der Waals surface area contributed by atoms with E-state index in [1.54, 1.807) is 24.0 Å². The zero-order valence-corrected chi connectivity index (χ0v) is 19.4. The molecule has 178 valence electrons. The van der Waals surface area contributed by atoms with Crippen LogP contribution in [0.3, 0.4) is 0 Å². The normalized spacial score (nSPS) is 11.8. The second-order valence-electron chi connectivity index (χ2n) is 8.27. The van der Waals surface area contributed by atoms with Crippen LogP contribution in [0.25, 0.3) is 22.5 Å². The molecular formula is C24H28F2N8. The fourth-order valence-corrected chi connectivity index (χ4v) is 3.86. The average Bonchev–Trinajstić information content (AvgIpc) is 3.51. The maximum absolute atomic E-state index is 14.5. The molecule has 0 aliphatic carbocycles. The second-order valence-corrected chi connectivity index (χ2v) is 8.27. The molecule has 4 aromatic rings. The molecule has 0 aliphatic heterocycles. The average molecular weight is 467 g/mol. The predicted molar refractivity (Wildman–Crippen MR) is 124 cm³/mol. The summed E-state index contributed by atoms with van der Waals surface area (Å²) in [5.74, 6) is -2.35. The van der Waals surface area contributed by atoms with E-state index in [1.807, 2.05) is 30.3 Å². The van der Waals surface area contributed by atoms with Crippen molar-refractivity contribution >= 4 is 0 Å². The van der Waals surface area contributed by atoms with E-state index >= 15 is 0 Å². The molecule has 0 bridgehead atoms. The number of aromatic amines is 1. The van der Waals surface area contributed by atoms with E-state index in [4.69, 9.17) is 0 Å². The minimum atomic E-state index is -3.02. The Hall–Kier alpha value is -3.56. The van der Waals surface area contributed by atoms with Crippen LogP contribution in [0.5, 0.6) is 0 Å². The summed E-state index contributed by atoms with van der Waals surface area (Å²) < 4.78 is 30.7. The van der Waals surface area contributed by atoms with Gasteiger partial charge in [0.2, 0.25) is 11.6 Å². The molecule has 10 heteroatoms. The second kappa shape index (κ2) is 10.6. The summed E-state index contributed by atoms with van der Waals surface area (Å²) in [6, 6.07) is 9.72. The van der Waals surface area contributed by atoms with Crippen molar-refractivity contribution in [3.8, 4) is 22.5 Å². The van der Waals surface area contributed by atoms with E-state index in [2.05, 4.69) is 42.6 Å². The van der Waals surface area contributed by atoms with Crippen molar-refractivity contribution in [2.24, 2.45) is 0 Å². The summed E-state index contributed by atoms with van der Waals surface area (Å²) in [5, 5.41) is 18.4. The predicted octanol–water partition coefficient (Wildman–Crippen LogP) is 5.19. The van der Waals surface area contributed by atoms with Crippen LogP contribution in [-0.4, -0.2) is 40.4 Å². The van der Waals surface area contributed by atoms with E-state index in [9.17, 15) is 8.78 Å². The van der Waals surface area contributed by atoms with Gasteiger partial charge in [-0.25, -0.2) is 9.67 Å². The number of tetrazole rings is 1. The van der Waals surface area contributed by atoms with Gasteiger partial charge in [0, 0.05) is 42.9 Å². The number of H-pyrrole nitrogens is 1. The molecule has 0 saturated heterocycles. The van der Waals surface area contributed by atoms with Crippen LogP contribution in [0.1, 0.15) is 63.2 Å². The minimum Gasteiger partial charge on any atom is -0.264 e. The number of benzene rings is 1. The van der Waals surface area contributed by atoms with Crippen LogP contribution in [0.15, 0.2) is 42.7 Å². The molecule has 1 N–H and O–H groups in total. The molecule has 3 aromatic heterocycles. The first-order valence-electron chi connectivity index (χ1n) is 11.6. The van der Waals surface area contributed by atoms with Gasteiger partial charge in [-0.1, -0.05) is 51.0 Å². The number of halogens is 2. The van der Waals surface area contributed by atoms with Gasteiger partial charge in [0.15, 0.2) is 0 Å². The number of aromatic nitrogens is 8. The maximum Gasteiger partial charge on any atom is 0.308 e. The zero-order valence-electron chi connectivity index (χ0n) is 19.4. The molecule has 0 amide bonds. The van der Waals surface area contributed by atoms with Crippen LogP contribution in [0.2, 0.25) is 0 Å². The number of nitrogens with zero attached hydrogens (tertiary/aromatic N) is 7. The van der Waals surface area contributed by atoms with Crippen molar-refractivity contribution in [2.45, 2.75) is 64.8 Å². The highest BCUT2D eigenvalue weighted by molar-refractivity contribution is 5.79. The van der Waals surface area contributed by atoms with Crippen molar-refractivity contribution in [3.05, 3.63) is 59.9 Å². The largest absolute Gasteiger partial charge is 0.308 e. The Morgan fingerprint density at radius 3 is 2.53 bits per heavy atom. The summed E-state index contributed by atoms with van der Waals surface area (Å²) >= 11 is 0. The number of unbranched alkanes of at least 4 members (excludes halogenated alkanes) is 2. The number of nitrogens with one attached hydrogen (secondary N) is 1. The Kier molecular flexibility index (Phi) is 7.34. The van der Waals surface area contributed by atoms with Crippen LogP contribution < -0.4 is 0 Å². The molecule has 0 unspecified atom stereocenters. The molecule has 0 saturated carbocycles. The number of rotatable bonds is 11. The lowest BCUT2D eigenvalue weighted by molar-refractivity contribution is -0.0232. The van der Waals surface area contributed by atoms with E-state index in [-0.39, 0.29) is 12.2 Å². The maximum atomic E-state index is 14.5. The molecule has 3 heterocycles. The first-order valence-corrected chi connectivity index (χ1v) is 11.6. The Morgan fingerprint density at radius 1 is 1.00 bits per heavy atom. The van der Waals surface area contributed by atoms with Crippen molar-refractivity contribution in [3.63, 3.8) is 0 Å². The van der Waals surface area contributed by atoms with Gasteiger partial charge in [0.25, 0.3) is 0 Å². The van der Waals surface area contributed by atoms with Crippen LogP contribution >= 0.6 is 0 Å². The molecule has 0 radical (unpaired) electrons. The van der Waals surface area contributed by atoms with Gasteiger partial charge in [-0.3, -0.25) is 4.98 Å². The molecule has 0 aliphatic rings. The molecule has 0 fully saturated rings. The zero-order chi connectivity index (χ0) is 24.0. The van der Waals surface area contributed by atoms with Crippen molar-refractivity contribution < 1.29 is 8.78 Å². The van der Waals surface area contributed by atoms with Crippen molar-refractivity contribution in [1.82, 2.24) is 40.4 Å². The van der Waals surface area contributed by atoms with Gasteiger partial charge in [0.1, 0.15) is 5.82 Å². The third-order valence-electron chi connectivity index (χ3n) is 5.65. The Morgan fingerprint density at radius 2 is 1.82 bits per heavy atom. The fraction of sp³-hybridized carbons (Fsp3) is 0.417. The standard InChI is InChI=1S/C24H28F2N8/c1-3-5-6-14-34-21(28-23(31-34)24(25,26)12-4-2)15-17-7-9-18(10-8-17)20-16-27-13-11-19(20)22-29-32-33-30-22/h7-11,13,16H,3-6,12,14-15H2,1-2H3,(H,29,30,32,33). The van der Waals surface area contributed by atoms with Gasteiger partial charge >= 0.3 is 5.92 Å². The Labute approximate surface area is 196 Å². The fourth-order valence-electron chi connectivity index (χ4n) is 3.86. The van der Waals surface area contributed by atoms with Crippen LogP contribution in [-0.2, 0) is 18.9 Å². The monoisotopic (exact) mass is 466 g/mol. The van der Waals surface area contributed by atoms with Crippen LogP contribution in [0.4, 0.5) is 8.78 Å². The lowest BCUT2D eigenvalue weighted by Crippen LogP contribution is -2.15. The van der Waals surface area contributed by atoms with Crippen molar-refractivity contribution in [2.75, 3.05) is 0 Å². The quantitative estimate of drug-likeness (QED) is 0.305. The number of pyridine rings is 1. The highest BCUT2D eigenvalue weighted by Crippen LogP contribution is 2.32. The Bertz CT molecular complexity index is 1190.